The quantitative estimate of drug-likeness (QED) is 0.838. The van der Waals surface area contributed by atoms with Gasteiger partial charge in [0.25, 0.3) is 0 Å². The third-order valence-corrected chi connectivity index (χ3v) is 4.55. The summed E-state index contributed by atoms with van der Waals surface area (Å²) in [6, 6.07) is 10.3. The lowest BCUT2D eigenvalue weighted by Gasteiger charge is -2.22. The maximum Gasteiger partial charge on any atom is 0.317 e. The van der Waals surface area contributed by atoms with Crippen LogP contribution in [0.25, 0.3) is 0 Å². The smallest absolute Gasteiger partial charge is 0.317 e. The van der Waals surface area contributed by atoms with Gasteiger partial charge in [0.05, 0.1) is 0 Å². The molecule has 2 rings (SSSR count). The fraction of sp³-hybridized carbons (Fsp3) is 0.632. The SMILES string of the molecule is CN(CCCN1CCCCCC1)C(=O)NCCc1ccccc1. The first-order chi connectivity index (χ1) is 11.3. The van der Waals surface area contributed by atoms with Crippen LogP contribution in [0.1, 0.15) is 37.7 Å². The van der Waals surface area contributed by atoms with Gasteiger partial charge < -0.3 is 15.1 Å². The van der Waals surface area contributed by atoms with E-state index in [1.807, 2.05) is 30.1 Å². The summed E-state index contributed by atoms with van der Waals surface area (Å²) in [5.41, 5.74) is 1.26. The number of carbonyl (C=O) groups is 1. The lowest BCUT2D eigenvalue weighted by molar-refractivity contribution is 0.203. The van der Waals surface area contributed by atoms with E-state index in [0.717, 1.165) is 25.9 Å². The molecule has 4 heteroatoms. The Morgan fingerprint density at radius 2 is 1.83 bits per heavy atom. The van der Waals surface area contributed by atoms with Crippen molar-refractivity contribution in [3.05, 3.63) is 35.9 Å². The summed E-state index contributed by atoms with van der Waals surface area (Å²) in [6.45, 7) is 5.09. The van der Waals surface area contributed by atoms with Gasteiger partial charge in [0.1, 0.15) is 0 Å². The van der Waals surface area contributed by atoms with E-state index < -0.39 is 0 Å². The molecule has 0 aliphatic carbocycles. The van der Waals surface area contributed by atoms with Crippen LogP contribution in [0.15, 0.2) is 30.3 Å². The molecule has 1 heterocycles. The van der Waals surface area contributed by atoms with Crippen LogP contribution in [0.3, 0.4) is 0 Å². The molecule has 1 aromatic carbocycles. The van der Waals surface area contributed by atoms with Gasteiger partial charge in [-0.25, -0.2) is 4.79 Å². The fourth-order valence-corrected chi connectivity index (χ4v) is 3.09. The van der Waals surface area contributed by atoms with E-state index in [9.17, 15) is 4.79 Å². The Kier molecular flexibility index (Phi) is 7.95. The van der Waals surface area contributed by atoms with Crippen molar-refractivity contribution in [3.8, 4) is 0 Å². The number of nitrogens with one attached hydrogen (secondary N) is 1. The van der Waals surface area contributed by atoms with Crippen LogP contribution in [-0.4, -0.2) is 55.6 Å². The normalized spacial score (nSPS) is 15.9. The van der Waals surface area contributed by atoms with Crippen molar-refractivity contribution in [2.45, 2.75) is 38.5 Å². The molecule has 4 nitrogen and oxygen atoms in total. The minimum atomic E-state index is 0.0387. The molecule has 1 aliphatic heterocycles. The average Bonchev–Trinajstić information content (AvgIpc) is 2.84. The standard InChI is InChI=1S/C19H31N3O/c1-21(14-9-17-22-15-7-2-3-8-16-22)19(23)20-13-12-18-10-5-4-6-11-18/h4-6,10-11H,2-3,7-9,12-17H2,1H3,(H,20,23). The molecule has 128 valence electrons. The summed E-state index contributed by atoms with van der Waals surface area (Å²) in [4.78, 5) is 16.4. The molecular weight excluding hydrogens is 286 g/mol. The zero-order chi connectivity index (χ0) is 16.3. The van der Waals surface area contributed by atoms with Crippen molar-refractivity contribution in [1.82, 2.24) is 15.1 Å². The fourth-order valence-electron chi connectivity index (χ4n) is 3.09. The Hall–Kier alpha value is -1.55. The molecule has 1 aromatic rings. The van der Waals surface area contributed by atoms with Crippen LogP contribution in [0, 0.1) is 0 Å². The molecule has 1 N–H and O–H groups in total. The van der Waals surface area contributed by atoms with Gasteiger partial charge in [-0.2, -0.15) is 0 Å². The Morgan fingerprint density at radius 3 is 2.52 bits per heavy atom. The van der Waals surface area contributed by atoms with E-state index in [0.29, 0.717) is 6.54 Å². The average molecular weight is 317 g/mol. The van der Waals surface area contributed by atoms with Crippen molar-refractivity contribution in [2.75, 3.05) is 39.8 Å². The van der Waals surface area contributed by atoms with Gasteiger partial charge in [-0.05, 0) is 50.9 Å². The van der Waals surface area contributed by atoms with E-state index >= 15 is 0 Å². The zero-order valence-corrected chi connectivity index (χ0v) is 14.5. The lowest BCUT2D eigenvalue weighted by Crippen LogP contribution is -2.39. The number of carbonyl (C=O) groups excluding carboxylic acids is 1. The molecule has 23 heavy (non-hydrogen) atoms. The molecule has 0 unspecified atom stereocenters. The summed E-state index contributed by atoms with van der Waals surface area (Å²) in [5, 5.41) is 3.00. The highest BCUT2D eigenvalue weighted by Gasteiger charge is 2.11. The molecular formula is C19H31N3O. The predicted octanol–water partition coefficient (Wildman–Crippen LogP) is 3.14. The summed E-state index contributed by atoms with van der Waals surface area (Å²) in [5.74, 6) is 0. The molecule has 0 saturated carbocycles. The Morgan fingerprint density at radius 1 is 1.13 bits per heavy atom. The molecule has 2 amide bonds. The van der Waals surface area contributed by atoms with Crippen molar-refractivity contribution in [1.29, 1.82) is 0 Å². The molecule has 0 spiro atoms. The zero-order valence-electron chi connectivity index (χ0n) is 14.5. The summed E-state index contributed by atoms with van der Waals surface area (Å²) < 4.78 is 0. The highest BCUT2D eigenvalue weighted by atomic mass is 16.2. The second kappa shape index (κ2) is 10.3. The summed E-state index contributed by atoms with van der Waals surface area (Å²) in [6.07, 6.45) is 7.35. The van der Waals surface area contributed by atoms with Gasteiger partial charge in [-0.3, -0.25) is 0 Å². The van der Waals surface area contributed by atoms with Crippen LogP contribution >= 0.6 is 0 Å². The molecule has 0 atom stereocenters. The van der Waals surface area contributed by atoms with Crippen molar-refractivity contribution >= 4 is 6.03 Å². The Bertz CT molecular complexity index is 441. The number of hydrogen-bond acceptors (Lipinski definition) is 2. The minimum Gasteiger partial charge on any atom is -0.338 e. The van der Waals surface area contributed by atoms with E-state index in [1.54, 1.807) is 0 Å². The van der Waals surface area contributed by atoms with Crippen molar-refractivity contribution < 1.29 is 4.79 Å². The second-order valence-corrected chi connectivity index (χ2v) is 6.50. The maximum absolute atomic E-state index is 12.1. The van der Waals surface area contributed by atoms with Crippen molar-refractivity contribution in [2.24, 2.45) is 0 Å². The Balaban J connectivity index is 1.57. The number of hydrogen-bond donors (Lipinski definition) is 1. The van der Waals surface area contributed by atoms with Crippen LogP contribution in [-0.2, 0) is 6.42 Å². The Labute approximate surface area is 140 Å². The largest absolute Gasteiger partial charge is 0.338 e. The lowest BCUT2D eigenvalue weighted by atomic mass is 10.1. The monoisotopic (exact) mass is 317 g/mol. The van der Waals surface area contributed by atoms with Crippen molar-refractivity contribution in [3.63, 3.8) is 0 Å². The molecule has 0 bridgehead atoms. The first-order valence-corrected chi connectivity index (χ1v) is 9.01. The summed E-state index contributed by atoms with van der Waals surface area (Å²) >= 11 is 0. The molecule has 1 saturated heterocycles. The first kappa shape index (κ1) is 17.8. The van der Waals surface area contributed by atoms with E-state index in [2.05, 4.69) is 22.3 Å². The van der Waals surface area contributed by atoms with Gasteiger partial charge in [-0.1, -0.05) is 43.2 Å². The second-order valence-electron chi connectivity index (χ2n) is 6.50. The van der Waals surface area contributed by atoms with Crippen LogP contribution < -0.4 is 5.32 Å². The number of rotatable bonds is 7. The van der Waals surface area contributed by atoms with E-state index in [4.69, 9.17) is 0 Å². The highest BCUT2D eigenvalue weighted by molar-refractivity contribution is 5.73. The molecule has 1 aliphatic rings. The number of amides is 2. The molecule has 0 aromatic heterocycles. The molecule has 0 radical (unpaired) electrons. The molecule has 1 fully saturated rings. The number of benzene rings is 1. The van der Waals surface area contributed by atoms with Gasteiger partial charge in [-0.15, -0.1) is 0 Å². The van der Waals surface area contributed by atoms with Crippen LogP contribution in [0.5, 0.6) is 0 Å². The van der Waals surface area contributed by atoms with Gasteiger partial charge >= 0.3 is 6.03 Å². The van der Waals surface area contributed by atoms with Crippen LogP contribution in [0.2, 0.25) is 0 Å². The number of likely N-dealkylation sites (tertiary alicyclic amines) is 1. The highest BCUT2D eigenvalue weighted by Crippen LogP contribution is 2.09. The number of nitrogens with zero attached hydrogens (tertiary/aromatic N) is 2. The predicted molar refractivity (Wildman–Crippen MR) is 95.7 cm³/mol. The number of urea groups is 1. The van der Waals surface area contributed by atoms with Gasteiger partial charge in [0, 0.05) is 20.1 Å². The van der Waals surface area contributed by atoms with Gasteiger partial charge in [0.2, 0.25) is 0 Å². The maximum atomic E-state index is 12.1. The topological polar surface area (TPSA) is 35.6 Å². The third kappa shape index (κ3) is 7.04. The van der Waals surface area contributed by atoms with Crippen LogP contribution in [0.4, 0.5) is 4.79 Å². The van der Waals surface area contributed by atoms with E-state index in [-0.39, 0.29) is 6.03 Å². The first-order valence-electron chi connectivity index (χ1n) is 9.01. The third-order valence-electron chi connectivity index (χ3n) is 4.55. The minimum absolute atomic E-state index is 0.0387. The van der Waals surface area contributed by atoms with Gasteiger partial charge in [0.15, 0.2) is 0 Å². The summed E-state index contributed by atoms with van der Waals surface area (Å²) in [7, 11) is 1.89. The van der Waals surface area contributed by atoms with E-state index in [1.165, 1.54) is 44.3 Å².